The first kappa shape index (κ1) is 15.1. The van der Waals surface area contributed by atoms with E-state index in [2.05, 4.69) is 9.97 Å². The Morgan fingerprint density at radius 3 is 1.89 bits per heavy atom. The molecule has 4 heterocycles. The average Bonchev–Trinajstić information content (AvgIpc) is 3.94. The predicted octanol–water partition coefficient (Wildman–Crippen LogP) is 12.1. The molecular formula is C40H22N2OS2. The minimum atomic E-state index is -0.449. The molecule has 4 aromatic heterocycles. The lowest BCUT2D eigenvalue weighted by Crippen LogP contribution is -1.88. The van der Waals surface area contributed by atoms with Gasteiger partial charge in [-0.3, -0.25) is 0 Å². The Hall–Kier alpha value is -5.36. The lowest BCUT2D eigenvalue weighted by atomic mass is 9.99. The lowest BCUT2D eigenvalue weighted by molar-refractivity contribution is 0.667. The molecule has 0 unspecified atom stereocenters. The van der Waals surface area contributed by atoms with Crippen molar-refractivity contribution in [2.75, 3.05) is 0 Å². The van der Waals surface area contributed by atoms with Crippen LogP contribution >= 0.6 is 22.7 Å². The van der Waals surface area contributed by atoms with Gasteiger partial charge in [0.25, 0.3) is 0 Å². The monoisotopic (exact) mass is 624 g/mol. The molecule has 45 heavy (non-hydrogen) atoms. The van der Waals surface area contributed by atoms with E-state index in [1.807, 2.05) is 0 Å². The maximum Gasteiger partial charge on any atom is 0.180 e. The molecule has 0 saturated carbocycles. The summed E-state index contributed by atoms with van der Waals surface area (Å²) in [7, 11) is 0. The topological polar surface area (TPSA) is 38.9 Å². The fourth-order valence-electron chi connectivity index (χ4n) is 5.82. The van der Waals surface area contributed by atoms with Gasteiger partial charge in [0.2, 0.25) is 0 Å². The van der Waals surface area contributed by atoms with Gasteiger partial charge < -0.3 is 4.42 Å². The summed E-state index contributed by atoms with van der Waals surface area (Å²) >= 11 is 2.10. The van der Waals surface area contributed by atoms with Crippen LogP contribution in [0.1, 0.15) is 19.2 Å². The Bertz CT molecular complexity index is 3580. The van der Waals surface area contributed by atoms with Crippen LogP contribution in [-0.2, 0) is 0 Å². The van der Waals surface area contributed by atoms with E-state index in [1.54, 1.807) is 42.5 Å². The fourth-order valence-corrected chi connectivity index (χ4v) is 8.00. The molecule has 0 amide bonds. The van der Waals surface area contributed by atoms with Gasteiger partial charge in [0.15, 0.2) is 5.58 Å². The molecule has 10 rings (SSSR count). The Balaban J connectivity index is 1.17. The Morgan fingerprint density at radius 2 is 1.18 bits per heavy atom. The second-order valence-corrected chi connectivity index (χ2v) is 12.4. The van der Waals surface area contributed by atoms with Crippen molar-refractivity contribution in [2.24, 2.45) is 0 Å². The molecule has 10 aromatic rings. The van der Waals surface area contributed by atoms with Crippen LogP contribution in [0.4, 0.5) is 0 Å². The summed E-state index contributed by atoms with van der Waals surface area (Å²) in [5.41, 5.74) is 3.64. The zero-order chi connectivity index (χ0) is 41.7. The van der Waals surface area contributed by atoms with Crippen LogP contribution in [0, 0.1) is 0 Å². The number of furan rings is 1. The zero-order valence-electron chi connectivity index (χ0n) is 36.7. The number of hydrogen-bond donors (Lipinski definition) is 0. The third kappa shape index (κ3) is 3.75. The quantitative estimate of drug-likeness (QED) is 0.196. The van der Waals surface area contributed by atoms with Crippen molar-refractivity contribution < 1.29 is 23.6 Å². The van der Waals surface area contributed by atoms with Gasteiger partial charge in [-0.05, 0) is 52.5 Å². The molecule has 0 fully saturated rings. The van der Waals surface area contributed by atoms with Crippen molar-refractivity contribution in [3.63, 3.8) is 0 Å². The first-order chi connectivity index (χ1) is 28.1. The molecule has 0 atom stereocenters. The van der Waals surface area contributed by atoms with E-state index in [0.717, 1.165) is 22.7 Å². The van der Waals surface area contributed by atoms with Crippen molar-refractivity contribution in [1.29, 1.82) is 0 Å². The van der Waals surface area contributed by atoms with E-state index < -0.39 is 24.2 Å². The highest BCUT2D eigenvalue weighted by molar-refractivity contribution is 7.26. The number of thiophene rings is 2. The van der Waals surface area contributed by atoms with Crippen molar-refractivity contribution in [3.05, 3.63) is 133 Å². The Labute approximate surface area is 285 Å². The van der Waals surface area contributed by atoms with Gasteiger partial charge in [0, 0.05) is 51.3 Å². The number of benzene rings is 6. The summed E-state index contributed by atoms with van der Waals surface area (Å²) in [4.78, 5) is 9.11. The highest BCUT2D eigenvalue weighted by Crippen LogP contribution is 2.43. The molecule has 3 nitrogen and oxygen atoms in total. The summed E-state index contributed by atoms with van der Waals surface area (Å²) in [6.07, 6.45) is 1.37. The van der Waals surface area contributed by atoms with E-state index in [4.69, 9.17) is 23.6 Å². The smallest absolute Gasteiger partial charge is 0.180 e. The Kier molecular flexibility index (Phi) is 3.21. The van der Waals surface area contributed by atoms with Crippen molar-refractivity contribution >= 4 is 85.1 Å². The van der Waals surface area contributed by atoms with Gasteiger partial charge in [-0.2, -0.15) is 0 Å². The summed E-state index contributed by atoms with van der Waals surface area (Å²) in [6, 6.07) is 7.43. The van der Waals surface area contributed by atoms with E-state index in [9.17, 15) is 0 Å². The van der Waals surface area contributed by atoms with E-state index in [1.165, 1.54) is 6.33 Å². The van der Waals surface area contributed by atoms with Gasteiger partial charge >= 0.3 is 0 Å². The molecule has 0 aliphatic heterocycles. The van der Waals surface area contributed by atoms with E-state index in [0.29, 0.717) is 59.4 Å². The summed E-state index contributed by atoms with van der Waals surface area (Å²) in [6.45, 7) is 0. The highest BCUT2D eigenvalue weighted by Gasteiger charge is 2.18. The molecule has 0 radical (unpaired) electrons. The lowest BCUT2D eigenvalue weighted by Gasteiger charge is -2.07. The molecule has 5 heteroatoms. The zero-order valence-corrected chi connectivity index (χ0v) is 24.4. The number of rotatable bonds is 3. The maximum absolute atomic E-state index is 8.97. The highest BCUT2D eigenvalue weighted by atomic mass is 32.1. The first-order valence-electron chi connectivity index (χ1n) is 20.7. The minimum absolute atomic E-state index is 0.136. The van der Waals surface area contributed by atoms with Crippen LogP contribution in [0.3, 0.4) is 0 Å². The molecule has 210 valence electrons. The van der Waals surface area contributed by atoms with Crippen LogP contribution in [0.25, 0.3) is 95.9 Å². The molecule has 0 bridgehead atoms. The third-order valence-corrected chi connectivity index (χ3v) is 10.1. The number of aromatic nitrogens is 2. The fraction of sp³-hybridized carbons (Fsp3) is 0. The predicted molar refractivity (Wildman–Crippen MR) is 191 cm³/mol. The van der Waals surface area contributed by atoms with Gasteiger partial charge in [-0.25, -0.2) is 9.97 Å². The molecule has 0 aliphatic carbocycles. The van der Waals surface area contributed by atoms with Crippen LogP contribution in [0.2, 0.25) is 0 Å². The molecule has 0 spiro atoms. The van der Waals surface area contributed by atoms with Crippen LogP contribution in [-0.4, -0.2) is 9.97 Å². The molecule has 0 saturated heterocycles. The molecule has 6 aromatic carbocycles. The van der Waals surface area contributed by atoms with Gasteiger partial charge in [-0.15, -0.1) is 22.7 Å². The van der Waals surface area contributed by atoms with Crippen LogP contribution < -0.4 is 0 Å². The number of fused-ring (bicyclic) bond motifs is 9. The average molecular weight is 625 g/mol. The van der Waals surface area contributed by atoms with Gasteiger partial charge in [-0.1, -0.05) is 96.8 Å². The number of hydrogen-bond acceptors (Lipinski definition) is 5. The second kappa shape index (κ2) is 9.57. The van der Waals surface area contributed by atoms with E-state index in [-0.39, 0.29) is 96.9 Å². The summed E-state index contributed by atoms with van der Waals surface area (Å²) in [5.74, 6) is 0. The van der Waals surface area contributed by atoms with Crippen molar-refractivity contribution in [3.8, 4) is 33.5 Å². The first-order valence-corrected chi connectivity index (χ1v) is 15.4. The third-order valence-electron chi connectivity index (χ3n) is 7.84. The number of nitrogens with zero attached hydrogens (tertiary/aromatic N) is 2. The standard InChI is InChI=1S/C40H22N2OS2/c1-3-16-34-28(10-1)30-14-6-12-26(39(30)44-34)23-8-5-9-25(20-23)36-38-37(42-22-41-36)32-21-24(18-19-33(32)43-38)27-13-7-15-31-29-11-2-4-17-35(29)45-40(27)31/h1-22H/i1D,2D,3D,4D,6D,7D,10D,11D,12D,13D,14D,15D,16D,17D. The molecule has 0 aliphatic rings. The summed E-state index contributed by atoms with van der Waals surface area (Å²) in [5, 5.41) is 1.17. The van der Waals surface area contributed by atoms with Crippen molar-refractivity contribution in [1.82, 2.24) is 9.97 Å². The maximum atomic E-state index is 8.97. The van der Waals surface area contributed by atoms with Crippen LogP contribution in [0.15, 0.2) is 138 Å². The van der Waals surface area contributed by atoms with E-state index >= 15 is 0 Å². The summed E-state index contributed by atoms with van der Waals surface area (Å²) < 4.78 is 128. The van der Waals surface area contributed by atoms with Crippen molar-refractivity contribution in [2.45, 2.75) is 0 Å². The van der Waals surface area contributed by atoms with Gasteiger partial charge in [0.05, 0.1) is 19.2 Å². The largest absolute Gasteiger partial charge is 0.452 e. The molecule has 0 N–H and O–H groups in total. The SMILES string of the molecule is [2H]c1c([2H])c([2H])c2c(sc3c(-c4cccc(-c5ncnc6c5oc5ccc(-c7c([2H])c([2H])c([2H])c8c7sc7c([2H])c([2H])c([2H])c([2H])c78)cc56)c4)c([2H])c([2H])c([2H])c32)c1[2H]. The Morgan fingerprint density at radius 1 is 0.556 bits per heavy atom. The molecular weight excluding hydrogens is 589 g/mol. The van der Waals surface area contributed by atoms with Crippen LogP contribution in [0.5, 0.6) is 0 Å². The second-order valence-electron chi connectivity index (χ2n) is 10.3. The minimum Gasteiger partial charge on any atom is -0.452 e. The van der Waals surface area contributed by atoms with Gasteiger partial charge in [0.1, 0.15) is 23.1 Å². The normalized spacial score (nSPS) is 16.4.